The van der Waals surface area contributed by atoms with E-state index in [1.165, 1.54) is 12.1 Å². The average Bonchev–Trinajstić information content (AvgIpc) is 3.29. The van der Waals surface area contributed by atoms with Gasteiger partial charge in [0.2, 0.25) is 0 Å². The molecule has 0 aliphatic rings. The van der Waals surface area contributed by atoms with E-state index in [9.17, 15) is 13.5 Å². The minimum Gasteiger partial charge on any atom is -0.504 e. The van der Waals surface area contributed by atoms with Crippen molar-refractivity contribution in [3.05, 3.63) is 89.6 Å². The van der Waals surface area contributed by atoms with E-state index in [0.29, 0.717) is 23.0 Å². The Morgan fingerprint density at radius 1 is 1.00 bits per heavy atom. The molecule has 8 nitrogen and oxygen atoms in total. The molecule has 4 rings (SSSR count). The minimum atomic E-state index is -4.01. The number of hydrogen-bond donors (Lipinski definition) is 2. The number of benzene rings is 3. The third-order valence-electron chi connectivity index (χ3n) is 5.65. The van der Waals surface area contributed by atoms with Gasteiger partial charge in [0.25, 0.3) is 0 Å². The molecule has 0 amide bonds. The van der Waals surface area contributed by atoms with Gasteiger partial charge in [-0.25, -0.2) is 4.68 Å². The molecule has 0 spiro atoms. The lowest BCUT2D eigenvalue weighted by Crippen LogP contribution is -2.11. The van der Waals surface area contributed by atoms with Crippen molar-refractivity contribution in [3.8, 4) is 28.4 Å². The molecule has 9 heteroatoms. The van der Waals surface area contributed by atoms with E-state index < -0.39 is 10.1 Å². The predicted octanol–water partition coefficient (Wildman–Crippen LogP) is 4.91. The largest absolute Gasteiger partial charge is 0.504 e. The van der Waals surface area contributed by atoms with Crippen LogP contribution in [0.3, 0.4) is 0 Å². The summed E-state index contributed by atoms with van der Waals surface area (Å²) in [6.07, 6.45) is 0.879. The smallest absolute Gasteiger partial charge is 0.312 e. The quantitative estimate of drug-likeness (QED) is 0.309. The van der Waals surface area contributed by atoms with Gasteiger partial charge in [-0.3, -0.25) is 0 Å². The van der Waals surface area contributed by atoms with Gasteiger partial charge in [-0.1, -0.05) is 49.7 Å². The highest BCUT2D eigenvalue weighted by Gasteiger charge is 2.17. The highest BCUT2D eigenvalue weighted by Crippen LogP contribution is 2.30. The first-order valence-corrected chi connectivity index (χ1v) is 12.9. The van der Waals surface area contributed by atoms with Crippen molar-refractivity contribution in [3.63, 3.8) is 0 Å². The summed E-state index contributed by atoms with van der Waals surface area (Å²) < 4.78 is 35.6. The third kappa shape index (κ3) is 5.76. The molecule has 1 heterocycles. The number of aromatic nitrogens is 2. The fourth-order valence-corrected chi connectivity index (χ4v) is 4.44. The Labute approximate surface area is 211 Å². The Bertz CT molecular complexity index is 1440. The fraction of sp³-hybridized carbons (Fsp3) is 0.222. The summed E-state index contributed by atoms with van der Waals surface area (Å²) >= 11 is 0. The van der Waals surface area contributed by atoms with Crippen LogP contribution in [0.15, 0.2) is 77.7 Å². The van der Waals surface area contributed by atoms with Gasteiger partial charge in [-0.2, -0.15) is 23.7 Å². The summed E-state index contributed by atoms with van der Waals surface area (Å²) in [5, 5.41) is 15.0. The Balaban J connectivity index is 1.67. The molecule has 0 radical (unpaired) electrons. The minimum absolute atomic E-state index is 0.0573. The lowest BCUT2D eigenvalue weighted by Gasteiger charge is -2.10. The Morgan fingerprint density at radius 3 is 2.33 bits per heavy atom. The maximum Gasteiger partial charge on any atom is 0.312 e. The average molecular weight is 508 g/mol. The first kappa shape index (κ1) is 25.4. The van der Waals surface area contributed by atoms with E-state index in [4.69, 9.17) is 15.7 Å². The van der Waals surface area contributed by atoms with Crippen LogP contribution in [0.4, 0.5) is 0 Å². The van der Waals surface area contributed by atoms with Crippen LogP contribution in [0.5, 0.6) is 11.5 Å². The number of nitrogens with zero attached hydrogens (tertiary/aromatic N) is 2. The summed E-state index contributed by atoms with van der Waals surface area (Å²) in [4.78, 5) is -0.0573. The van der Waals surface area contributed by atoms with Crippen LogP contribution < -0.4 is 10.6 Å². The lowest BCUT2D eigenvalue weighted by molar-refractivity contribution is 0.284. The number of phenols is 1. The zero-order valence-corrected chi connectivity index (χ0v) is 21.2. The number of phenolic OH excluding ortho intramolecular Hbond substituents is 1. The van der Waals surface area contributed by atoms with Gasteiger partial charge in [-0.15, -0.1) is 0 Å². The van der Waals surface area contributed by atoms with Crippen molar-refractivity contribution in [2.75, 3.05) is 0 Å². The first-order chi connectivity index (χ1) is 17.2. The Morgan fingerprint density at radius 2 is 1.69 bits per heavy atom. The number of hydrogen-bond acceptors (Lipinski definition) is 7. The van der Waals surface area contributed by atoms with Crippen molar-refractivity contribution < 1.29 is 22.5 Å². The number of nitrogens with two attached hydrogens (primary N) is 1. The molecule has 4 aromatic rings. The molecular weight excluding hydrogens is 478 g/mol. The number of rotatable bonds is 9. The zero-order chi connectivity index (χ0) is 25.9. The normalized spacial score (nSPS) is 11.7. The van der Waals surface area contributed by atoms with Crippen molar-refractivity contribution in [1.82, 2.24) is 9.78 Å². The van der Waals surface area contributed by atoms with E-state index in [-0.39, 0.29) is 17.3 Å². The van der Waals surface area contributed by atoms with Gasteiger partial charge in [0.05, 0.1) is 16.3 Å². The van der Waals surface area contributed by atoms with Crippen LogP contribution in [-0.2, 0) is 27.4 Å². The highest BCUT2D eigenvalue weighted by atomic mass is 32.2. The van der Waals surface area contributed by atoms with E-state index in [0.717, 1.165) is 28.8 Å². The molecule has 3 aromatic carbocycles. The lowest BCUT2D eigenvalue weighted by atomic mass is 10.0. The standard InChI is InChI=1S/C27H29N3O5S/c1-18(2)14-20-6-13-26(31)27(15-20)34-17-22-16-25(21-7-4-19(3)5-8-21)30(29-22)23-9-11-24(12-10-23)36(32,33)35-28/h4-13,15-16,18,31H,14,17,28H2,1-3H3. The van der Waals surface area contributed by atoms with Gasteiger partial charge in [0, 0.05) is 5.56 Å². The maximum atomic E-state index is 11.9. The van der Waals surface area contributed by atoms with Crippen molar-refractivity contribution >= 4 is 10.1 Å². The maximum absolute atomic E-state index is 11.9. The number of aryl methyl sites for hydroxylation is 1. The summed E-state index contributed by atoms with van der Waals surface area (Å²) in [5.74, 6) is 5.84. The molecule has 0 aliphatic heterocycles. The van der Waals surface area contributed by atoms with Crippen molar-refractivity contribution in [2.24, 2.45) is 11.8 Å². The molecule has 0 bridgehead atoms. The second-order valence-electron chi connectivity index (χ2n) is 9.03. The molecule has 188 valence electrons. The van der Waals surface area contributed by atoms with E-state index in [2.05, 4.69) is 18.1 Å². The summed E-state index contributed by atoms with van der Waals surface area (Å²) in [6.45, 7) is 6.42. The predicted molar refractivity (Wildman–Crippen MR) is 137 cm³/mol. The van der Waals surface area contributed by atoms with Crippen LogP contribution in [-0.4, -0.2) is 23.3 Å². The molecule has 0 saturated carbocycles. The van der Waals surface area contributed by atoms with Gasteiger partial charge >= 0.3 is 10.1 Å². The molecule has 0 fully saturated rings. The molecule has 1 aromatic heterocycles. The summed E-state index contributed by atoms with van der Waals surface area (Å²) in [5.41, 5.74) is 5.23. The molecule has 36 heavy (non-hydrogen) atoms. The number of ether oxygens (including phenoxy) is 1. The van der Waals surface area contributed by atoms with Crippen LogP contribution in [0.25, 0.3) is 16.9 Å². The Hall–Kier alpha value is -3.66. The summed E-state index contributed by atoms with van der Waals surface area (Å²) in [7, 11) is -4.01. The Kier molecular flexibility index (Phi) is 7.44. The summed E-state index contributed by atoms with van der Waals surface area (Å²) in [6, 6.07) is 21.4. The highest BCUT2D eigenvalue weighted by molar-refractivity contribution is 7.86. The molecule has 0 atom stereocenters. The van der Waals surface area contributed by atoms with Crippen LogP contribution >= 0.6 is 0 Å². The van der Waals surface area contributed by atoms with Gasteiger partial charge in [0.15, 0.2) is 11.5 Å². The third-order valence-corrected chi connectivity index (χ3v) is 6.75. The van der Waals surface area contributed by atoms with Gasteiger partial charge in [-0.05, 0) is 67.3 Å². The van der Waals surface area contributed by atoms with E-state index >= 15 is 0 Å². The molecule has 3 N–H and O–H groups in total. The molecular formula is C27H29N3O5S. The van der Waals surface area contributed by atoms with Gasteiger partial charge in [0.1, 0.15) is 12.3 Å². The topological polar surface area (TPSA) is 117 Å². The van der Waals surface area contributed by atoms with Gasteiger partial charge < -0.3 is 9.84 Å². The second kappa shape index (κ2) is 10.5. The van der Waals surface area contributed by atoms with Crippen LogP contribution in [0, 0.1) is 12.8 Å². The van der Waals surface area contributed by atoms with Crippen molar-refractivity contribution in [1.29, 1.82) is 0 Å². The van der Waals surface area contributed by atoms with Crippen molar-refractivity contribution in [2.45, 2.75) is 38.7 Å². The molecule has 0 unspecified atom stereocenters. The monoisotopic (exact) mass is 507 g/mol. The van der Waals surface area contributed by atoms with Crippen LogP contribution in [0.2, 0.25) is 0 Å². The zero-order valence-electron chi connectivity index (χ0n) is 20.4. The second-order valence-corrected chi connectivity index (χ2v) is 10.6. The first-order valence-electron chi connectivity index (χ1n) is 11.5. The van der Waals surface area contributed by atoms with Crippen LogP contribution in [0.1, 0.15) is 30.7 Å². The molecule has 0 aliphatic carbocycles. The van der Waals surface area contributed by atoms with E-state index in [1.54, 1.807) is 22.9 Å². The number of aromatic hydroxyl groups is 1. The fourth-order valence-electron chi connectivity index (χ4n) is 3.86. The molecule has 0 saturated heterocycles. The SMILES string of the molecule is Cc1ccc(-c2cc(COc3cc(CC(C)C)ccc3O)nn2-c2ccc(S(=O)(=O)ON)cc2)cc1. The van der Waals surface area contributed by atoms with E-state index in [1.807, 2.05) is 49.4 Å².